The molecule has 2 N–H and O–H groups in total. The molecule has 0 saturated carbocycles. The van der Waals surface area contributed by atoms with E-state index in [1.165, 1.54) is 0 Å². The number of hydrogen-bond acceptors (Lipinski definition) is 3. The fraction of sp³-hybridized carbons (Fsp3) is 0.562. The number of ether oxygens (including phenoxy) is 1. The topological polar surface area (TPSA) is 45.7 Å². The first-order valence-electron chi connectivity index (χ1n) is 7.60. The van der Waals surface area contributed by atoms with Crippen molar-refractivity contribution in [3.63, 3.8) is 0 Å². The van der Waals surface area contributed by atoms with Gasteiger partial charge in [-0.3, -0.25) is 4.99 Å². The van der Waals surface area contributed by atoms with Crippen LogP contribution in [0.25, 0.3) is 0 Å². The first kappa shape index (κ1) is 20.6. The van der Waals surface area contributed by atoms with Crippen LogP contribution in [0, 0.1) is 0 Å². The first-order chi connectivity index (χ1) is 11.4. The maximum Gasteiger partial charge on any atom is 0.411 e. The summed E-state index contributed by atoms with van der Waals surface area (Å²) in [6.07, 6.45) is -1.15. The van der Waals surface area contributed by atoms with E-state index in [2.05, 4.69) is 26.6 Å². The summed E-state index contributed by atoms with van der Waals surface area (Å²) >= 11 is 1.81. The number of halogens is 3. The Morgan fingerprint density at radius 3 is 2.42 bits per heavy atom. The summed E-state index contributed by atoms with van der Waals surface area (Å²) in [5.74, 6) is 1.83. The summed E-state index contributed by atoms with van der Waals surface area (Å²) in [5, 5.41) is 6.42. The smallest absolute Gasteiger partial charge is 0.367 e. The molecule has 0 bridgehead atoms. The van der Waals surface area contributed by atoms with E-state index < -0.39 is 12.8 Å². The summed E-state index contributed by atoms with van der Waals surface area (Å²) < 4.78 is 40.7. The van der Waals surface area contributed by atoms with Gasteiger partial charge < -0.3 is 15.4 Å². The highest BCUT2D eigenvalue weighted by Crippen LogP contribution is 2.15. The highest BCUT2D eigenvalue weighted by atomic mass is 32.2. The van der Waals surface area contributed by atoms with E-state index in [1.807, 2.05) is 12.1 Å². The molecule has 0 fully saturated rings. The summed E-state index contributed by atoms with van der Waals surface area (Å²) in [6.45, 7) is 0.169. The van der Waals surface area contributed by atoms with E-state index in [9.17, 15) is 13.2 Å². The molecule has 1 rings (SSSR count). The molecule has 0 amide bonds. The van der Waals surface area contributed by atoms with Crippen LogP contribution in [-0.4, -0.2) is 44.3 Å². The second-order valence-corrected chi connectivity index (χ2v) is 6.11. The number of hydrogen-bond donors (Lipinski definition) is 2. The molecule has 24 heavy (non-hydrogen) atoms. The van der Waals surface area contributed by atoms with Crippen LogP contribution in [0.5, 0.6) is 0 Å². The molecule has 1 aromatic rings. The Hall–Kier alpha value is -1.41. The van der Waals surface area contributed by atoms with Crippen molar-refractivity contribution in [1.29, 1.82) is 0 Å². The van der Waals surface area contributed by atoms with Gasteiger partial charge in [0.1, 0.15) is 6.61 Å². The molecular weight excluding hydrogens is 339 g/mol. The Morgan fingerprint density at radius 2 is 1.83 bits per heavy atom. The summed E-state index contributed by atoms with van der Waals surface area (Å²) in [7, 11) is 1.71. The molecule has 0 unspecified atom stereocenters. The van der Waals surface area contributed by atoms with Gasteiger partial charge in [0, 0.05) is 20.1 Å². The molecule has 1 aromatic carbocycles. The van der Waals surface area contributed by atoms with Crippen LogP contribution in [-0.2, 0) is 17.9 Å². The van der Waals surface area contributed by atoms with E-state index in [-0.39, 0.29) is 6.61 Å². The zero-order valence-corrected chi connectivity index (χ0v) is 14.8. The molecular formula is C16H24F3N3OS. The predicted molar refractivity (Wildman–Crippen MR) is 93.4 cm³/mol. The quantitative estimate of drug-likeness (QED) is 0.402. The molecule has 4 nitrogen and oxygen atoms in total. The zero-order valence-electron chi connectivity index (χ0n) is 13.9. The summed E-state index contributed by atoms with van der Waals surface area (Å²) in [4.78, 5) is 4.14. The van der Waals surface area contributed by atoms with E-state index >= 15 is 0 Å². The second-order valence-electron chi connectivity index (χ2n) is 5.12. The van der Waals surface area contributed by atoms with Gasteiger partial charge in [-0.2, -0.15) is 24.9 Å². The lowest BCUT2D eigenvalue weighted by molar-refractivity contribution is -0.176. The Balaban J connectivity index is 2.32. The van der Waals surface area contributed by atoms with E-state index in [0.29, 0.717) is 12.1 Å². The van der Waals surface area contributed by atoms with Crippen LogP contribution in [0.2, 0.25) is 0 Å². The van der Waals surface area contributed by atoms with Gasteiger partial charge >= 0.3 is 6.18 Å². The van der Waals surface area contributed by atoms with Crippen molar-refractivity contribution in [2.24, 2.45) is 4.99 Å². The van der Waals surface area contributed by atoms with Crippen LogP contribution >= 0.6 is 11.8 Å². The number of alkyl halides is 3. The van der Waals surface area contributed by atoms with Gasteiger partial charge in [0.2, 0.25) is 0 Å². The lowest BCUT2D eigenvalue weighted by Crippen LogP contribution is -2.37. The van der Waals surface area contributed by atoms with Crippen molar-refractivity contribution < 1.29 is 17.9 Å². The summed E-state index contributed by atoms with van der Waals surface area (Å²) in [6, 6.07) is 7.25. The zero-order chi connectivity index (χ0) is 17.8. The number of guanidine groups is 1. The molecule has 0 aliphatic carbocycles. The number of thioether (sulfide) groups is 1. The number of aliphatic imine (C=N–C) groups is 1. The summed E-state index contributed by atoms with van der Waals surface area (Å²) in [5.41, 5.74) is 1.73. The van der Waals surface area contributed by atoms with Crippen molar-refractivity contribution in [2.75, 3.05) is 32.2 Å². The van der Waals surface area contributed by atoms with Gasteiger partial charge in [-0.15, -0.1) is 0 Å². The lowest BCUT2D eigenvalue weighted by atomic mass is 10.1. The molecule has 0 saturated heterocycles. The van der Waals surface area contributed by atoms with Crippen molar-refractivity contribution in [1.82, 2.24) is 10.6 Å². The minimum Gasteiger partial charge on any atom is -0.367 e. The maximum absolute atomic E-state index is 12.0. The van der Waals surface area contributed by atoms with E-state index in [1.54, 1.807) is 30.9 Å². The predicted octanol–water partition coefficient (Wildman–Crippen LogP) is 3.18. The Bertz CT molecular complexity index is 492. The first-order valence-corrected chi connectivity index (χ1v) is 9.00. The number of benzene rings is 1. The van der Waals surface area contributed by atoms with Crippen molar-refractivity contribution in [3.8, 4) is 0 Å². The highest BCUT2D eigenvalue weighted by molar-refractivity contribution is 7.98. The molecule has 0 heterocycles. The van der Waals surface area contributed by atoms with E-state index in [0.717, 1.165) is 30.2 Å². The Labute approximate surface area is 145 Å². The van der Waals surface area contributed by atoms with Gasteiger partial charge in [0.25, 0.3) is 0 Å². The second kappa shape index (κ2) is 11.2. The molecule has 0 spiro atoms. The fourth-order valence-corrected chi connectivity index (χ4v) is 2.30. The van der Waals surface area contributed by atoms with Gasteiger partial charge in [0.05, 0.1) is 6.61 Å². The molecule has 0 atom stereocenters. The van der Waals surface area contributed by atoms with Gasteiger partial charge in [-0.1, -0.05) is 24.3 Å². The monoisotopic (exact) mass is 363 g/mol. The van der Waals surface area contributed by atoms with E-state index in [4.69, 9.17) is 0 Å². The third-order valence-corrected chi connectivity index (χ3v) is 3.76. The van der Waals surface area contributed by atoms with Crippen molar-refractivity contribution in [2.45, 2.75) is 25.7 Å². The largest absolute Gasteiger partial charge is 0.411 e. The standard InChI is InChI=1S/C16H24F3N3OS/c1-20-15(21-8-3-9-24-2)22-10-13-4-6-14(7-5-13)11-23-12-16(17,18)19/h4-7H,3,8-12H2,1-2H3,(H2,20,21,22). The number of nitrogens with one attached hydrogen (secondary N) is 2. The normalized spacial score (nSPS) is 12.3. The van der Waals surface area contributed by atoms with Gasteiger partial charge in [-0.05, 0) is 29.6 Å². The minimum absolute atomic E-state index is 0.0497. The van der Waals surface area contributed by atoms with Crippen LogP contribution in [0.3, 0.4) is 0 Å². The molecule has 0 aliphatic heterocycles. The van der Waals surface area contributed by atoms with Crippen molar-refractivity contribution in [3.05, 3.63) is 35.4 Å². The SMILES string of the molecule is CN=C(NCCCSC)NCc1ccc(COCC(F)(F)F)cc1. The highest BCUT2D eigenvalue weighted by Gasteiger charge is 2.27. The van der Waals surface area contributed by atoms with Crippen LogP contribution in [0.15, 0.2) is 29.3 Å². The Morgan fingerprint density at radius 1 is 1.17 bits per heavy atom. The average Bonchev–Trinajstić information content (AvgIpc) is 2.54. The molecule has 0 aromatic heterocycles. The van der Waals surface area contributed by atoms with Crippen LogP contribution < -0.4 is 10.6 Å². The maximum atomic E-state index is 12.0. The minimum atomic E-state index is -4.29. The Kier molecular flexibility index (Phi) is 9.63. The molecule has 0 radical (unpaired) electrons. The van der Waals surface area contributed by atoms with Crippen molar-refractivity contribution >= 4 is 17.7 Å². The number of rotatable bonds is 9. The van der Waals surface area contributed by atoms with Crippen LogP contribution in [0.1, 0.15) is 17.5 Å². The molecule has 0 aliphatic rings. The third-order valence-electron chi connectivity index (χ3n) is 3.06. The third kappa shape index (κ3) is 9.67. The fourth-order valence-electron chi connectivity index (χ4n) is 1.87. The number of nitrogens with zero attached hydrogens (tertiary/aromatic N) is 1. The van der Waals surface area contributed by atoms with Gasteiger partial charge in [-0.25, -0.2) is 0 Å². The van der Waals surface area contributed by atoms with Gasteiger partial charge in [0.15, 0.2) is 5.96 Å². The molecule has 136 valence electrons. The van der Waals surface area contributed by atoms with Crippen LogP contribution in [0.4, 0.5) is 13.2 Å². The lowest BCUT2D eigenvalue weighted by Gasteiger charge is -2.12. The average molecular weight is 363 g/mol. The molecule has 8 heteroatoms.